The predicted octanol–water partition coefficient (Wildman–Crippen LogP) is 4.09. The second-order valence-corrected chi connectivity index (χ2v) is 6.52. The number of benzene rings is 1. The quantitative estimate of drug-likeness (QED) is 0.669. The van der Waals surface area contributed by atoms with E-state index in [4.69, 9.17) is 0 Å². The Hall–Kier alpha value is -1.75. The summed E-state index contributed by atoms with van der Waals surface area (Å²) in [6.45, 7) is 4.34. The van der Waals surface area contributed by atoms with Crippen LogP contribution in [-0.4, -0.2) is 24.6 Å². The summed E-state index contributed by atoms with van der Waals surface area (Å²) in [5, 5.41) is 5.53. The highest BCUT2D eigenvalue weighted by Gasteiger charge is 2.21. The molecule has 0 saturated carbocycles. The summed E-state index contributed by atoms with van der Waals surface area (Å²) in [6, 6.07) is 10.0. The fourth-order valence-corrected chi connectivity index (χ4v) is 3.28. The summed E-state index contributed by atoms with van der Waals surface area (Å²) >= 11 is 3.69. The lowest BCUT2D eigenvalue weighted by atomic mass is 9.97. The minimum Gasteiger partial charge on any atom is -0.240 e. The third-order valence-corrected chi connectivity index (χ3v) is 4.38. The van der Waals surface area contributed by atoms with E-state index in [9.17, 15) is 0 Å². The Balaban J connectivity index is 2.17. The minimum atomic E-state index is 0.351. The van der Waals surface area contributed by atoms with E-state index < -0.39 is 0 Å². The van der Waals surface area contributed by atoms with E-state index in [1.165, 1.54) is 0 Å². The number of alkyl halides is 1. The summed E-state index contributed by atoms with van der Waals surface area (Å²) < 4.78 is 1.87. The highest BCUT2D eigenvalue weighted by molar-refractivity contribution is 9.09. The third-order valence-electron chi connectivity index (χ3n) is 3.74. The van der Waals surface area contributed by atoms with Crippen LogP contribution in [0.25, 0.3) is 16.7 Å². The molecule has 3 rings (SSSR count). The number of aromatic nitrogens is 4. The first kappa shape index (κ1) is 14.2. The smallest absolute Gasteiger partial charge is 0.166 e. The lowest BCUT2D eigenvalue weighted by Gasteiger charge is -2.17. The van der Waals surface area contributed by atoms with E-state index in [2.05, 4.69) is 44.8 Å². The van der Waals surface area contributed by atoms with E-state index in [1.807, 2.05) is 41.2 Å². The maximum Gasteiger partial charge on any atom is 0.166 e. The van der Waals surface area contributed by atoms with Crippen molar-refractivity contribution in [2.45, 2.75) is 31.0 Å². The van der Waals surface area contributed by atoms with Crippen molar-refractivity contribution in [3.05, 3.63) is 48.5 Å². The lowest BCUT2D eigenvalue weighted by molar-refractivity contribution is 0.648. The lowest BCUT2D eigenvalue weighted by Crippen LogP contribution is -2.10. The largest absolute Gasteiger partial charge is 0.240 e. The minimum absolute atomic E-state index is 0.351. The first-order valence-corrected chi connectivity index (χ1v) is 8.02. The Kier molecular flexibility index (Phi) is 4.01. The SMILES string of the molecule is CCC(c1ncnc2c1cnn2-c1ccccc1)C(C)Br. The molecule has 2 atom stereocenters. The summed E-state index contributed by atoms with van der Waals surface area (Å²) in [5.74, 6) is 0.351. The molecule has 2 unspecified atom stereocenters. The molecule has 21 heavy (non-hydrogen) atoms. The van der Waals surface area contributed by atoms with Crippen LogP contribution in [0.3, 0.4) is 0 Å². The average Bonchev–Trinajstić information content (AvgIpc) is 2.93. The van der Waals surface area contributed by atoms with Gasteiger partial charge < -0.3 is 0 Å². The van der Waals surface area contributed by atoms with Gasteiger partial charge >= 0.3 is 0 Å². The van der Waals surface area contributed by atoms with Crippen molar-refractivity contribution in [2.24, 2.45) is 0 Å². The predicted molar refractivity (Wildman–Crippen MR) is 88.1 cm³/mol. The molecule has 0 aliphatic carbocycles. The molecule has 1 aromatic carbocycles. The van der Waals surface area contributed by atoms with Crippen molar-refractivity contribution in [1.82, 2.24) is 19.7 Å². The van der Waals surface area contributed by atoms with Gasteiger partial charge in [-0.2, -0.15) is 5.10 Å². The van der Waals surface area contributed by atoms with Gasteiger partial charge in [-0.25, -0.2) is 14.6 Å². The van der Waals surface area contributed by atoms with Gasteiger partial charge in [0.05, 0.1) is 23.0 Å². The van der Waals surface area contributed by atoms with E-state index in [0.29, 0.717) is 10.7 Å². The van der Waals surface area contributed by atoms with Gasteiger partial charge in [0.15, 0.2) is 5.65 Å². The van der Waals surface area contributed by atoms with Crippen LogP contribution in [0, 0.1) is 0 Å². The van der Waals surface area contributed by atoms with Gasteiger partial charge in [-0.1, -0.05) is 48.0 Å². The molecule has 0 radical (unpaired) electrons. The fourth-order valence-electron chi connectivity index (χ4n) is 2.65. The van der Waals surface area contributed by atoms with Crippen LogP contribution >= 0.6 is 15.9 Å². The van der Waals surface area contributed by atoms with Crippen molar-refractivity contribution in [3.63, 3.8) is 0 Å². The Morgan fingerprint density at radius 3 is 2.62 bits per heavy atom. The Morgan fingerprint density at radius 1 is 1.19 bits per heavy atom. The van der Waals surface area contributed by atoms with Gasteiger partial charge in [0.1, 0.15) is 6.33 Å². The number of halogens is 1. The molecular weight excluding hydrogens is 328 g/mol. The molecule has 0 amide bonds. The van der Waals surface area contributed by atoms with Crippen molar-refractivity contribution < 1.29 is 0 Å². The molecule has 3 aromatic rings. The van der Waals surface area contributed by atoms with Gasteiger partial charge in [0.2, 0.25) is 0 Å². The molecule has 0 bridgehead atoms. The van der Waals surface area contributed by atoms with Crippen LogP contribution in [-0.2, 0) is 0 Å². The average molecular weight is 345 g/mol. The van der Waals surface area contributed by atoms with E-state index in [-0.39, 0.29) is 0 Å². The monoisotopic (exact) mass is 344 g/mol. The summed E-state index contributed by atoms with van der Waals surface area (Å²) in [4.78, 5) is 9.30. The molecule has 2 heterocycles. The van der Waals surface area contributed by atoms with Crippen LogP contribution in [0.1, 0.15) is 31.9 Å². The fraction of sp³-hybridized carbons (Fsp3) is 0.312. The molecule has 2 aromatic heterocycles. The Bertz CT molecular complexity index is 736. The van der Waals surface area contributed by atoms with Gasteiger partial charge in [-0.05, 0) is 18.6 Å². The number of fused-ring (bicyclic) bond motifs is 1. The van der Waals surface area contributed by atoms with E-state index in [1.54, 1.807) is 6.33 Å². The zero-order chi connectivity index (χ0) is 14.8. The first-order chi connectivity index (χ1) is 10.2. The molecule has 5 heteroatoms. The number of hydrogen-bond donors (Lipinski definition) is 0. The third kappa shape index (κ3) is 2.58. The van der Waals surface area contributed by atoms with Crippen LogP contribution in [0.2, 0.25) is 0 Å². The Labute approximate surface area is 132 Å². The van der Waals surface area contributed by atoms with Crippen LogP contribution in [0.15, 0.2) is 42.9 Å². The van der Waals surface area contributed by atoms with Crippen LogP contribution < -0.4 is 0 Å². The highest BCUT2D eigenvalue weighted by Crippen LogP contribution is 2.31. The van der Waals surface area contributed by atoms with Crippen LogP contribution in [0.4, 0.5) is 0 Å². The van der Waals surface area contributed by atoms with Crippen molar-refractivity contribution in [1.29, 1.82) is 0 Å². The second kappa shape index (κ2) is 5.93. The standard InChI is InChI=1S/C16H17BrN4/c1-3-13(11(2)17)15-14-9-20-21(16(14)19-10-18-15)12-7-5-4-6-8-12/h4-11,13H,3H2,1-2H3. The Morgan fingerprint density at radius 2 is 1.95 bits per heavy atom. The van der Waals surface area contributed by atoms with Gasteiger partial charge in [-0.3, -0.25) is 0 Å². The summed E-state index contributed by atoms with van der Waals surface area (Å²) in [5.41, 5.74) is 2.93. The zero-order valence-electron chi connectivity index (χ0n) is 12.1. The molecule has 0 aliphatic rings. The normalized spacial score (nSPS) is 14.2. The van der Waals surface area contributed by atoms with Crippen molar-refractivity contribution >= 4 is 27.0 Å². The van der Waals surface area contributed by atoms with E-state index >= 15 is 0 Å². The van der Waals surface area contributed by atoms with Gasteiger partial charge in [-0.15, -0.1) is 0 Å². The van der Waals surface area contributed by atoms with Crippen LogP contribution in [0.5, 0.6) is 0 Å². The highest BCUT2D eigenvalue weighted by atomic mass is 79.9. The number of nitrogens with zero attached hydrogens (tertiary/aromatic N) is 4. The maximum absolute atomic E-state index is 4.51. The first-order valence-electron chi connectivity index (χ1n) is 7.10. The summed E-state index contributed by atoms with van der Waals surface area (Å²) in [7, 11) is 0. The molecule has 0 spiro atoms. The number of hydrogen-bond acceptors (Lipinski definition) is 3. The molecule has 0 fully saturated rings. The second-order valence-electron chi connectivity index (χ2n) is 5.08. The molecule has 0 aliphatic heterocycles. The van der Waals surface area contributed by atoms with Crippen molar-refractivity contribution in [3.8, 4) is 5.69 Å². The summed E-state index contributed by atoms with van der Waals surface area (Å²) in [6.07, 6.45) is 4.53. The molecule has 108 valence electrons. The molecule has 4 nitrogen and oxygen atoms in total. The van der Waals surface area contributed by atoms with Gasteiger partial charge in [0, 0.05) is 10.7 Å². The zero-order valence-corrected chi connectivity index (χ0v) is 13.7. The molecular formula is C16H17BrN4. The molecule has 0 saturated heterocycles. The topological polar surface area (TPSA) is 43.6 Å². The molecule has 0 N–H and O–H groups in total. The van der Waals surface area contributed by atoms with E-state index in [0.717, 1.165) is 28.8 Å². The van der Waals surface area contributed by atoms with Gasteiger partial charge in [0.25, 0.3) is 0 Å². The number of para-hydroxylation sites is 1. The van der Waals surface area contributed by atoms with Crippen molar-refractivity contribution in [2.75, 3.05) is 0 Å². The number of rotatable bonds is 4. The maximum atomic E-state index is 4.51.